The van der Waals surface area contributed by atoms with E-state index < -0.39 is 16.8 Å². The van der Waals surface area contributed by atoms with E-state index in [-0.39, 0.29) is 0 Å². The molecule has 0 aliphatic rings. The molecule has 1 atom stereocenters. The summed E-state index contributed by atoms with van der Waals surface area (Å²) in [4.78, 5) is 10.9. The standard InChI is InChI=1S/C14H21NO3S/c1-10-4-6-11(7-5-10)18-8-9-19-14(2,3)12(15)13(16)17/h4-7,12H,8-9,15H2,1-3H3,(H,16,17)/t12-/m1/s1. The second kappa shape index (κ2) is 6.82. The van der Waals surface area contributed by atoms with Gasteiger partial charge < -0.3 is 15.6 Å². The van der Waals surface area contributed by atoms with Crippen molar-refractivity contribution in [1.82, 2.24) is 0 Å². The first-order valence-electron chi connectivity index (χ1n) is 6.15. The Morgan fingerprint density at radius 1 is 1.42 bits per heavy atom. The summed E-state index contributed by atoms with van der Waals surface area (Å²) in [6.45, 7) is 6.23. The van der Waals surface area contributed by atoms with Gasteiger partial charge in [-0.1, -0.05) is 17.7 Å². The highest BCUT2D eigenvalue weighted by atomic mass is 32.2. The summed E-state index contributed by atoms with van der Waals surface area (Å²) in [5, 5.41) is 8.91. The second-order valence-electron chi connectivity index (χ2n) is 4.93. The van der Waals surface area contributed by atoms with Crippen molar-refractivity contribution in [3.05, 3.63) is 29.8 Å². The Bertz CT molecular complexity index is 417. The van der Waals surface area contributed by atoms with Gasteiger partial charge in [0.05, 0.1) is 6.61 Å². The number of benzene rings is 1. The van der Waals surface area contributed by atoms with Crippen LogP contribution in [0.3, 0.4) is 0 Å². The molecule has 1 aromatic rings. The van der Waals surface area contributed by atoms with Crippen LogP contribution >= 0.6 is 11.8 Å². The van der Waals surface area contributed by atoms with E-state index in [0.29, 0.717) is 12.4 Å². The van der Waals surface area contributed by atoms with Crippen LogP contribution < -0.4 is 10.5 Å². The molecule has 0 saturated carbocycles. The zero-order chi connectivity index (χ0) is 14.5. The molecule has 0 aromatic heterocycles. The molecular formula is C14H21NO3S. The van der Waals surface area contributed by atoms with Gasteiger partial charge in [-0.15, -0.1) is 11.8 Å². The fraction of sp³-hybridized carbons (Fsp3) is 0.500. The Balaban J connectivity index is 2.34. The summed E-state index contributed by atoms with van der Waals surface area (Å²) in [7, 11) is 0. The molecule has 106 valence electrons. The van der Waals surface area contributed by atoms with Crippen molar-refractivity contribution >= 4 is 17.7 Å². The van der Waals surface area contributed by atoms with Crippen LogP contribution in [0.2, 0.25) is 0 Å². The average Bonchev–Trinajstić information content (AvgIpc) is 2.35. The first-order valence-corrected chi connectivity index (χ1v) is 7.13. The lowest BCUT2D eigenvalue weighted by atomic mass is 10.1. The van der Waals surface area contributed by atoms with E-state index in [0.717, 1.165) is 5.75 Å². The van der Waals surface area contributed by atoms with Gasteiger partial charge in [-0.05, 0) is 32.9 Å². The molecule has 0 aliphatic carbocycles. The van der Waals surface area contributed by atoms with Gasteiger partial charge in [-0.3, -0.25) is 4.79 Å². The molecule has 0 bridgehead atoms. The molecule has 0 amide bonds. The van der Waals surface area contributed by atoms with Crippen LogP contribution in [0, 0.1) is 6.92 Å². The van der Waals surface area contributed by atoms with Crippen molar-refractivity contribution in [3.8, 4) is 5.75 Å². The average molecular weight is 283 g/mol. The van der Waals surface area contributed by atoms with E-state index in [4.69, 9.17) is 15.6 Å². The third kappa shape index (κ3) is 5.12. The summed E-state index contributed by atoms with van der Waals surface area (Å²) in [5.74, 6) is 0.547. The molecule has 5 heteroatoms. The van der Waals surface area contributed by atoms with Gasteiger partial charge in [-0.25, -0.2) is 0 Å². The minimum Gasteiger partial charge on any atom is -0.493 e. The topological polar surface area (TPSA) is 72.5 Å². The number of carboxylic acids is 1. The maximum absolute atomic E-state index is 10.9. The van der Waals surface area contributed by atoms with E-state index in [9.17, 15) is 4.79 Å². The summed E-state index contributed by atoms with van der Waals surface area (Å²) in [6.07, 6.45) is 0. The van der Waals surface area contributed by atoms with E-state index >= 15 is 0 Å². The first-order chi connectivity index (χ1) is 8.83. The second-order valence-corrected chi connectivity index (χ2v) is 6.68. The molecule has 0 fully saturated rings. The van der Waals surface area contributed by atoms with Gasteiger partial charge in [0, 0.05) is 10.5 Å². The van der Waals surface area contributed by atoms with Crippen LogP contribution in [-0.2, 0) is 4.79 Å². The van der Waals surface area contributed by atoms with Gasteiger partial charge in [0.1, 0.15) is 11.8 Å². The van der Waals surface area contributed by atoms with Gasteiger partial charge in [0.25, 0.3) is 0 Å². The fourth-order valence-electron chi connectivity index (χ4n) is 1.49. The molecule has 4 nitrogen and oxygen atoms in total. The Kier molecular flexibility index (Phi) is 5.69. The number of aryl methyl sites for hydroxylation is 1. The van der Waals surface area contributed by atoms with Crippen molar-refractivity contribution in [2.45, 2.75) is 31.6 Å². The number of ether oxygens (including phenoxy) is 1. The number of carbonyl (C=O) groups is 1. The highest BCUT2D eigenvalue weighted by molar-refractivity contribution is 8.00. The van der Waals surface area contributed by atoms with Gasteiger partial charge in [0.15, 0.2) is 0 Å². The number of hydrogen-bond donors (Lipinski definition) is 2. The predicted molar refractivity (Wildman–Crippen MR) is 78.8 cm³/mol. The molecule has 0 radical (unpaired) electrons. The molecule has 0 unspecified atom stereocenters. The Morgan fingerprint density at radius 2 is 2.00 bits per heavy atom. The van der Waals surface area contributed by atoms with Crippen molar-refractivity contribution in [2.24, 2.45) is 5.73 Å². The highest BCUT2D eigenvalue weighted by Gasteiger charge is 2.32. The molecule has 1 rings (SSSR count). The van der Waals surface area contributed by atoms with E-state index in [2.05, 4.69) is 0 Å². The highest BCUT2D eigenvalue weighted by Crippen LogP contribution is 2.27. The van der Waals surface area contributed by atoms with E-state index in [1.165, 1.54) is 17.3 Å². The summed E-state index contributed by atoms with van der Waals surface area (Å²) in [5.41, 5.74) is 6.83. The maximum Gasteiger partial charge on any atom is 0.321 e. The molecule has 19 heavy (non-hydrogen) atoms. The smallest absolute Gasteiger partial charge is 0.321 e. The van der Waals surface area contributed by atoms with Crippen LogP contribution in [0.25, 0.3) is 0 Å². The van der Waals surface area contributed by atoms with Crippen LogP contribution in [0.1, 0.15) is 19.4 Å². The molecular weight excluding hydrogens is 262 g/mol. The SMILES string of the molecule is Cc1ccc(OCCSC(C)(C)[C@H](N)C(=O)O)cc1. The number of carboxylic acid groups (broad SMARTS) is 1. The third-order valence-corrected chi connectivity index (χ3v) is 4.23. The summed E-state index contributed by atoms with van der Waals surface area (Å²) in [6, 6.07) is 6.96. The monoisotopic (exact) mass is 283 g/mol. The number of rotatable bonds is 7. The van der Waals surface area contributed by atoms with Gasteiger partial charge >= 0.3 is 5.97 Å². The largest absolute Gasteiger partial charge is 0.493 e. The number of nitrogens with two attached hydrogens (primary N) is 1. The Hall–Kier alpha value is -1.20. The minimum absolute atomic E-state index is 0.511. The van der Waals surface area contributed by atoms with Crippen LogP contribution in [0.4, 0.5) is 0 Å². The zero-order valence-electron chi connectivity index (χ0n) is 11.6. The fourth-order valence-corrected chi connectivity index (χ4v) is 2.46. The lowest BCUT2D eigenvalue weighted by Crippen LogP contribution is -2.47. The maximum atomic E-state index is 10.9. The van der Waals surface area contributed by atoms with Crippen molar-refractivity contribution in [2.75, 3.05) is 12.4 Å². The third-order valence-electron chi connectivity index (χ3n) is 2.86. The lowest BCUT2D eigenvalue weighted by molar-refractivity contribution is -0.139. The predicted octanol–water partition coefficient (Wildman–Crippen LogP) is 2.30. The Morgan fingerprint density at radius 3 is 2.53 bits per heavy atom. The number of aliphatic carboxylic acids is 1. The number of hydrogen-bond acceptors (Lipinski definition) is 4. The molecule has 0 heterocycles. The normalized spacial score (nSPS) is 13.1. The lowest BCUT2D eigenvalue weighted by Gasteiger charge is -2.27. The zero-order valence-corrected chi connectivity index (χ0v) is 12.4. The first kappa shape index (κ1) is 15.9. The molecule has 0 spiro atoms. The van der Waals surface area contributed by atoms with Gasteiger partial charge in [0.2, 0.25) is 0 Å². The van der Waals surface area contributed by atoms with Crippen LogP contribution in [0.15, 0.2) is 24.3 Å². The molecule has 0 aliphatic heterocycles. The quantitative estimate of drug-likeness (QED) is 0.751. The summed E-state index contributed by atoms with van der Waals surface area (Å²) < 4.78 is 5.08. The van der Waals surface area contributed by atoms with Gasteiger partial charge in [-0.2, -0.15) is 0 Å². The van der Waals surface area contributed by atoms with E-state index in [1.807, 2.05) is 45.0 Å². The van der Waals surface area contributed by atoms with Crippen molar-refractivity contribution in [3.63, 3.8) is 0 Å². The van der Waals surface area contributed by atoms with Crippen molar-refractivity contribution < 1.29 is 14.6 Å². The molecule has 1 aromatic carbocycles. The summed E-state index contributed by atoms with van der Waals surface area (Å²) >= 11 is 1.51. The number of thioether (sulfide) groups is 1. The van der Waals surface area contributed by atoms with Crippen LogP contribution in [0.5, 0.6) is 5.75 Å². The minimum atomic E-state index is -0.975. The molecule has 3 N–H and O–H groups in total. The Labute approximate surface area is 118 Å². The molecule has 0 saturated heterocycles. The van der Waals surface area contributed by atoms with Crippen LogP contribution in [-0.4, -0.2) is 34.2 Å². The van der Waals surface area contributed by atoms with E-state index in [1.54, 1.807) is 0 Å². The van der Waals surface area contributed by atoms with Crippen molar-refractivity contribution in [1.29, 1.82) is 0 Å².